The fourth-order valence-corrected chi connectivity index (χ4v) is 2.26. The second kappa shape index (κ2) is 5.18. The Morgan fingerprint density at radius 1 is 1.50 bits per heavy atom. The second-order valence-electron chi connectivity index (χ2n) is 3.90. The summed E-state index contributed by atoms with van der Waals surface area (Å²) in [4.78, 5) is 8.67. The molecule has 2 rings (SSSR count). The van der Waals surface area contributed by atoms with E-state index >= 15 is 0 Å². The topological polar surface area (TPSA) is 51.8 Å². The van der Waals surface area contributed by atoms with Crippen molar-refractivity contribution in [3.8, 4) is 10.6 Å². The van der Waals surface area contributed by atoms with Gasteiger partial charge in [0.2, 0.25) is 0 Å². The molecule has 0 aromatic carbocycles. The number of rotatable bonds is 4. The first-order valence-corrected chi connectivity index (χ1v) is 6.24. The van der Waals surface area contributed by atoms with Crippen LogP contribution >= 0.6 is 11.3 Å². The number of aromatic nitrogens is 2. The summed E-state index contributed by atoms with van der Waals surface area (Å²) in [6.45, 7) is 2.02. The minimum absolute atomic E-state index is 0.239. The van der Waals surface area contributed by atoms with Gasteiger partial charge in [-0.05, 0) is 31.9 Å². The third-order valence-electron chi connectivity index (χ3n) is 2.32. The van der Waals surface area contributed by atoms with Crippen LogP contribution in [0.1, 0.15) is 19.0 Å². The number of hydrogen-bond donors (Lipinski definition) is 1. The molecule has 0 radical (unpaired) electrons. The lowest BCUT2D eigenvalue weighted by atomic mass is 10.2. The van der Waals surface area contributed by atoms with E-state index in [1.165, 1.54) is 0 Å². The minimum Gasteiger partial charge on any atom is -0.328 e. The lowest BCUT2D eigenvalue weighted by molar-refractivity contribution is 0.660. The van der Waals surface area contributed by atoms with E-state index in [0.717, 1.165) is 29.1 Å². The maximum Gasteiger partial charge on any atom is 0.125 e. The molecule has 0 saturated heterocycles. The van der Waals surface area contributed by atoms with Gasteiger partial charge in [0.05, 0.1) is 5.69 Å². The predicted molar refractivity (Wildman–Crippen MR) is 67.3 cm³/mol. The van der Waals surface area contributed by atoms with Crippen LogP contribution in [0.25, 0.3) is 10.6 Å². The fraction of sp³-hybridized carbons (Fsp3) is 0.333. The van der Waals surface area contributed by atoms with Crippen LogP contribution in [0, 0.1) is 0 Å². The second-order valence-corrected chi connectivity index (χ2v) is 4.76. The number of nitrogens with zero attached hydrogens (tertiary/aromatic N) is 2. The van der Waals surface area contributed by atoms with Gasteiger partial charge in [-0.1, -0.05) is 0 Å². The number of nitrogens with two attached hydrogens (primary N) is 1. The first kappa shape index (κ1) is 11.2. The summed E-state index contributed by atoms with van der Waals surface area (Å²) in [5, 5.41) is 3.14. The standard InChI is InChI=1S/C12H15N3S/c1-9(13)4-5-11-8-16-12(15-11)10-3-2-6-14-7-10/h2-3,6-9H,4-5,13H2,1H3. The number of hydrogen-bond acceptors (Lipinski definition) is 4. The van der Waals surface area contributed by atoms with Gasteiger partial charge in [0.1, 0.15) is 5.01 Å². The zero-order valence-corrected chi connectivity index (χ0v) is 10.1. The van der Waals surface area contributed by atoms with Crippen LogP contribution in [0.2, 0.25) is 0 Å². The summed E-state index contributed by atoms with van der Waals surface area (Å²) in [7, 11) is 0. The molecular weight excluding hydrogens is 218 g/mol. The van der Waals surface area contributed by atoms with E-state index in [-0.39, 0.29) is 6.04 Å². The lowest BCUT2D eigenvalue weighted by Gasteiger charge is -2.01. The Balaban J connectivity index is 2.08. The Kier molecular flexibility index (Phi) is 3.64. The van der Waals surface area contributed by atoms with Gasteiger partial charge in [-0.2, -0.15) is 0 Å². The molecule has 16 heavy (non-hydrogen) atoms. The molecule has 2 N–H and O–H groups in total. The third kappa shape index (κ3) is 2.87. The highest BCUT2D eigenvalue weighted by Crippen LogP contribution is 2.23. The van der Waals surface area contributed by atoms with Crippen molar-refractivity contribution in [2.75, 3.05) is 0 Å². The quantitative estimate of drug-likeness (QED) is 0.882. The van der Waals surface area contributed by atoms with Crippen molar-refractivity contribution in [1.82, 2.24) is 9.97 Å². The molecule has 0 aliphatic carbocycles. The molecule has 4 heteroatoms. The van der Waals surface area contributed by atoms with Crippen LogP contribution in [-0.4, -0.2) is 16.0 Å². The molecule has 84 valence electrons. The molecule has 0 saturated carbocycles. The smallest absolute Gasteiger partial charge is 0.125 e. The van der Waals surface area contributed by atoms with E-state index in [1.54, 1.807) is 17.5 Å². The Morgan fingerprint density at radius 3 is 3.06 bits per heavy atom. The maximum atomic E-state index is 5.72. The van der Waals surface area contributed by atoms with Crippen molar-refractivity contribution < 1.29 is 0 Å². The summed E-state index contributed by atoms with van der Waals surface area (Å²) < 4.78 is 0. The van der Waals surface area contributed by atoms with Gasteiger partial charge < -0.3 is 5.73 Å². The number of thiazole rings is 1. The SMILES string of the molecule is CC(N)CCc1csc(-c2cccnc2)n1. The molecule has 2 aromatic heterocycles. The molecular formula is C12H15N3S. The van der Waals surface area contributed by atoms with E-state index in [1.807, 2.05) is 25.3 Å². The molecule has 1 atom stereocenters. The van der Waals surface area contributed by atoms with Crippen molar-refractivity contribution in [1.29, 1.82) is 0 Å². The molecule has 1 unspecified atom stereocenters. The normalized spacial score (nSPS) is 12.6. The molecule has 2 aromatic rings. The van der Waals surface area contributed by atoms with Crippen LogP contribution in [0.5, 0.6) is 0 Å². The Bertz CT molecular complexity index is 437. The van der Waals surface area contributed by atoms with E-state index in [2.05, 4.69) is 15.3 Å². The number of aryl methyl sites for hydroxylation is 1. The van der Waals surface area contributed by atoms with Crippen molar-refractivity contribution in [2.45, 2.75) is 25.8 Å². The van der Waals surface area contributed by atoms with E-state index in [0.29, 0.717) is 0 Å². The Labute approximate surface area is 99.4 Å². The van der Waals surface area contributed by atoms with Gasteiger partial charge in [-0.3, -0.25) is 4.98 Å². The van der Waals surface area contributed by atoms with Crippen LogP contribution in [0.15, 0.2) is 29.9 Å². The molecule has 2 heterocycles. The Hall–Kier alpha value is -1.26. The van der Waals surface area contributed by atoms with Crippen LogP contribution in [-0.2, 0) is 6.42 Å². The average molecular weight is 233 g/mol. The molecule has 0 spiro atoms. The molecule has 0 amide bonds. The highest BCUT2D eigenvalue weighted by atomic mass is 32.1. The first-order valence-electron chi connectivity index (χ1n) is 5.36. The van der Waals surface area contributed by atoms with Gasteiger partial charge in [0.15, 0.2) is 0 Å². The maximum absolute atomic E-state index is 5.72. The average Bonchev–Trinajstić information content (AvgIpc) is 2.76. The van der Waals surface area contributed by atoms with Crippen molar-refractivity contribution in [3.05, 3.63) is 35.6 Å². The first-order chi connectivity index (χ1) is 7.75. The van der Waals surface area contributed by atoms with Gasteiger partial charge >= 0.3 is 0 Å². The zero-order valence-electron chi connectivity index (χ0n) is 9.26. The molecule has 0 bridgehead atoms. The van der Waals surface area contributed by atoms with Gasteiger partial charge in [0, 0.05) is 29.4 Å². The van der Waals surface area contributed by atoms with E-state index < -0.39 is 0 Å². The zero-order chi connectivity index (χ0) is 11.4. The summed E-state index contributed by atoms with van der Waals surface area (Å²) in [6.07, 6.45) is 5.55. The third-order valence-corrected chi connectivity index (χ3v) is 3.26. The molecule has 0 aliphatic heterocycles. The van der Waals surface area contributed by atoms with Gasteiger partial charge in [-0.15, -0.1) is 11.3 Å². The highest BCUT2D eigenvalue weighted by Gasteiger charge is 2.05. The largest absolute Gasteiger partial charge is 0.328 e. The lowest BCUT2D eigenvalue weighted by Crippen LogP contribution is -2.15. The van der Waals surface area contributed by atoms with Gasteiger partial charge in [-0.25, -0.2) is 4.98 Å². The molecule has 3 nitrogen and oxygen atoms in total. The monoisotopic (exact) mass is 233 g/mol. The fourth-order valence-electron chi connectivity index (χ4n) is 1.42. The molecule has 0 aliphatic rings. The highest BCUT2D eigenvalue weighted by molar-refractivity contribution is 7.13. The molecule has 0 fully saturated rings. The van der Waals surface area contributed by atoms with Crippen molar-refractivity contribution in [2.24, 2.45) is 5.73 Å². The minimum atomic E-state index is 0.239. The summed E-state index contributed by atoms with van der Waals surface area (Å²) in [6, 6.07) is 4.20. The number of pyridine rings is 1. The van der Waals surface area contributed by atoms with E-state index in [4.69, 9.17) is 5.73 Å². The van der Waals surface area contributed by atoms with Gasteiger partial charge in [0.25, 0.3) is 0 Å². The van der Waals surface area contributed by atoms with E-state index in [9.17, 15) is 0 Å². The van der Waals surface area contributed by atoms with Crippen LogP contribution in [0.3, 0.4) is 0 Å². The van der Waals surface area contributed by atoms with Crippen LogP contribution in [0.4, 0.5) is 0 Å². The predicted octanol–water partition coefficient (Wildman–Crippen LogP) is 2.48. The van der Waals surface area contributed by atoms with Crippen molar-refractivity contribution in [3.63, 3.8) is 0 Å². The Morgan fingerprint density at radius 2 is 2.38 bits per heavy atom. The summed E-state index contributed by atoms with van der Waals surface area (Å²) in [5.74, 6) is 0. The van der Waals surface area contributed by atoms with Crippen molar-refractivity contribution >= 4 is 11.3 Å². The summed E-state index contributed by atoms with van der Waals surface area (Å²) >= 11 is 1.66. The summed E-state index contributed by atoms with van der Waals surface area (Å²) in [5.41, 5.74) is 7.93. The van der Waals surface area contributed by atoms with Crippen LogP contribution < -0.4 is 5.73 Å².